The van der Waals surface area contributed by atoms with Crippen LogP contribution in [0.4, 0.5) is 0 Å². The van der Waals surface area contributed by atoms with Crippen LogP contribution in [0.25, 0.3) is 10.2 Å². The molecule has 0 aliphatic carbocycles. The number of ether oxygens (including phenoxy) is 1. The van der Waals surface area contributed by atoms with Gasteiger partial charge in [-0.2, -0.15) is 5.26 Å². The first kappa shape index (κ1) is 8.84. The summed E-state index contributed by atoms with van der Waals surface area (Å²) in [6, 6.07) is 8.35. The van der Waals surface area contributed by atoms with E-state index in [1.54, 1.807) is 11.3 Å². The van der Waals surface area contributed by atoms with E-state index in [2.05, 4.69) is 17.1 Å². The Balaban J connectivity index is 2.15. The minimum absolute atomic E-state index is 0.418. The first-order valence-electron chi connectivity index (χ1n) is 4.67. The van der Waals surface area contributed by atoms with Gasteiger partial charge >= 0.3 is 0 Å². The Bertz CT molecular complexity index is 551. The number of benzene rings is 1. The summed E-state index contributed by atoms with van der Waals surface area (Å²) in [5, 5.41) is 9.17. The van der Waals surface area contributed by atoms with Gasteiger partial charge in [-0.05, 0) is 17.7 Å². The van der Waals surface area contributed by atoms with E-state index in [1.165, 1.54) is 0 Å². The van der Waals surface area contributed by atoms with E-state index in [0.29, 0.717) is 13.2 Å². The highest BCUT2D eigenvalue weighted by atomic mass is 32.1. The van der Waals surface area contributed by atoms with Crippen molar-refractivity contribution in [2.45, 2.75) is 5.41 Å². The molecule has 1 aromatic heterocycles. The van der Waals surface area contributed by atoms with Crippen molar-refractivity contribution in [3.05, 3.63) is 29.3 Å². The van der Waals surface area contributed by atoms with Gasteiger partial charge in [0.05, 0.1) is 35.0 Å². The van der Waals surface area contributed by atoms with E-state index in [-0.39, 0.29) is 0 Å². The SMILES string of the molecule is N#CC1(c2ccc3ncsc3c2)COC1. The van der Waals surface area contributed by atoms with Crippen LogP contribution in [-0.2, 0) is 10.2 Å². The Kier molecular flexibility index (Phi) is 1.78. The molecule has 3 rings (SSSR count). The van der Waals surface area contributed by atoms with E-state index in [9.17, 15) is 5.26 Å². The molecule has 1 aromatic carbocycles. The predicted molar refractivity (Wildman–Crippen MR) is 57.7 cm³/mol. The highest BCUT2D eigenvalue weighted by Gasteiger charge is 2.40. The number of fused-ring (bicyclic) bond motifs is 1. The molecular weight excluding hydrogens is 208 g/mol. The monoisotopic (exact) mass is 216 g/mol. The van der Waals surface area contributed by atoms with Gasteiger partial charge < -0.3 is 4.74 Å². The van der Waals surface area contributed by atoms with Crippen LogP contribution in [0.3, 0.4) is 0 Å². The lowest BCUT2D eigenvalue weighted by molar-refractivity contribution is -0.0297. The van der Waals surface area contributed by atoms with Gasteiger partial charge in [0, 0.05) is 0 Å². The van der Waals surface area contributed by atoms with Crippen LogP contribution in [0.5, 0.6) is 0 Å². The third-order valence-electron chi connectivity index (χ3n) is 2.79. The Morgan fingerprint density at radius 3 is 3.00 bits per heavy atom. The number of hydrogen-bond donors (Lipinski definition) is 0. The van der Waals surface area contributed by atoms with Crippen molar-refractivity contribution in [1.82, 2.24) is 4.98 Å². The quantitative estimate of drug-likeness (QED) is 0.733. The molecule has 1 fully saturated rings. The minimum Gasteiger partial charge on any atom is -0.377 e. The molecule has 1 aliphatic rings. The Morgan fingerprint density at radius 1 is 1.47 bits per heavy atom. The van der Waals surface area contributed by atoms with Crippen molar-refractivity contribution in [3.8, 4) is 6.07 Å². The molecule has 0 radical (unpaired) electrons. The molecule has 0 bridgehead atoms. The second-order valence-corrected chi connectivity index (χ2v) is 4.61. The van der Waals surface area contributed by atoms with Crippen LogP contribution in [0, 0.1) is 11.3 Å². The number of nitrogens with zero attached hydrogens (tertiary/aromatic N) is 2. The molecule has 0 amide bonds. The molecule has 1 saturated heterocycles. The normalized spacial score (nSPS) is 18.3. The molecule has 0 N–H and O–H groups in total. The minimum atomic E-state index is -0.418. The summed E-state index contributed by atoms with van der Waals surface area (Å²) in [5.41, 5.74) is 3.45. The Hall–Kier alpha value is -1.44. The van der Waals surface area contributed by atoms with Crippen molar-refractivity contribution in [3.63, 3.8) is 0 Å². The first-order chi connectivity index (χ1) is 7.34. The zero-order valence-electron chi connectivity index (χ0n) is 7.93. The Morgan fingerprint density at radius 2 is 2.33 bits per heavy atom. The molecule has 4 heteroatoms. The molecule has 2 aromatic rings. The average molecular weight is 216 g/mol. The lowest BCUT2D eigenvalue weighted by atomic mass is 9.80. The van der Waals surface area contributed by atoms with Gasteiger partial charge in [0.25, 0.3) is 0 Å². The summed E-state index contributed by atoms with van der Waals surface area (Å²) in [7, 11) is 0. The standard InChI is InChI=1S/C11H8N2OS/c12-4-11(5-14-6-11)8-1-2-9-10(3-8)15-7-13-9/h1-3,7H,5-6H2. The zero-order valence-corrected chi connectivity index (χ0v) is 8.75. The van der Waals surface area contributed by atoms with Crippen molar-refractivity contribution in [2.24, 2.45) is 0 Å². The van der Waals surface area contributed by atoms with Gasteiger partial charge in [0.15, 0.2) is 0 Å². The van der Waals surface area contributed by atoms with Crippen molar-refractivity contribution >= 4 is 21.6 Å². The van der Waals surface area contributed by atoms with Crippen LogP contribution in [0.2, 0.25) is 0 Å². The highest BCUT2D eigenvalue weighted by molar-refractivity contribution is 7.16. The fraction of sp³-hybridized carbons (Fsp3) is 0.273. The maximum atomic E-state index is 9.17. The fourth-order valence-electron chi connectivity index (χ4n) is 1.75. The molecule has 1 aliphatic heterocycles. The molecule has 3 nitrogen and oxygen atoms in total. The van der Waals surface area contributed by atoms with E-state index in [1.807, 2.05) is 17.6 Å². The topological polar surface area (TPSA) is 45.9 Å². The van der Waals surface area contributed by atoms with Crippen molar-refractivity contribution in [2.75, 3.05) is 13.2 Å². The van der Waals surface area contributed by atoms with Gasteiger partial charge in [-0.15, -0.1) is 11.3 Å². The second kappa shape index (κ2) is 3.02. The Labute approximate surface area is 90.9 Å². The van der Waals surface area contributed by atoms with Gasteiger partial charge in [-0.3, -0.25) is 0 Å². The molecular formula is C11H8N2OS. The summed E-state index contributed by atoms with van der Waals surface area (Å²) in [6.45, 7) is 1.02. The number of rotatable bonds is 1. The maximum Gasteiger partial charge on any atom is 0.129 e. The fourth-order valence-corrected chi connectivity index (χ4v) is 2.47. The zero-order chi connectivity index (χ0) is 10.3. The summed E-state index contributed by atoms with van der Waals surface area (Å²) >= 11 is 1.60. The summed E-state index contributed by atoms with van der Waals surface area (Å²) < 4.78 is 6.28. The van der Waals surface area contributed by atoms with Crippen LogP contribution >= 0.6 is 11.3 Å². The van der Waals surface area contributed by atoms with E-state index in [0.717, 1.165) is 15.8 Å². The summed E-state index contributed by atoms with van der Waals surface area (Å²) in [6.07, 6.45) is 0. The largest absolute Gasteiger partial charge is 0.377 e. The lowest BCUT2D eigenvalue weighted by Gasteiger charge is -2.35. The molecule has 15 heavy (non-hydrogen) atoms. The van der Waals surface area contributed by atoms with Crippen molar-refractivity contribution < 1.29 is 4.74 Å². The smallest absolute Gasteiger partial charge is 0.129 e. The summed E-state index contributed by atoms with van der Waals surface area (Å²) in [4.78, 5) is 4.22. The molecule has 74 valence electrons. The number of aromatic nitrogens is 1. The van der Waals surface area contributed by atoms with Crippen molar-refractivity contribution in [1.29, 1.82) is 5.26 Å². The number of hydrogen-bond acceptors (Lipinski definition) is 4. The average Bonchev–Trinajstić information content (AvgIpc) is 2.64. The van der Waals surface area contributed by atoms with E-state index >= 15 is 0 Å². The highest BCUT2D eigenvalue weighted by Crippen LogP contribution is 2.33. The van der Waals surface area contributed by atoms with Gasteiger partial charge in [0.2, 0.25) is 0 Å². The van der Waals surface area contributed by atoms with E-state index < -0.39 is 5.41 Å². The molecule has 0 unspecified atom stereocenters. The van der Waals surface area contributed by atoms with Gasteiger partial charge in [0.1, 0.15) is 5.41 Å². The first-order valence-corrected chi connectivity index (χ1v) is 5.55. The predicted octanol–water partition coefficient (Wildman–Crippen LogP) is 2.09. The van der Waals surface area contributed by atoms with E-state index in [4.69, 9.17) is 4.74 Å². The van der Waals surface area contributed by atoms with Crippen LogP contribution in [0.1, 0.15) is 5.56 Å². The third-order valence-corrected chi connectivity index (χ3v) is 3.59. The van der Waals surface area contributed by atoms with Crippen LogP contribution in [-0.4, -0.2) is 18.2 Å². The van der Waals surface area contributed by atoms with Gasteiger partial charge in [-0.1, -0.05) is 6.07 Å². The third kappa shape index (κ3) is 1.17. The second-order valence-electron chi connectivity index (χ2n) is 3.72. The van der Waals surface area contributed by atoms with Crippen LogP contribution < -0.4 is 0 Å². The molecule has 0 spiro atoms. The van der Waals surface area contributed by atoms with Crippen LogP contribution in [0.15, 0.2) is 23.7 Å². The maximum absolute atomic E-state index is 9.17. The molecule has 0 atom stereocenters. The molecule has 0 saturated carbocycles. The summed E-state index contributed by atoms with van der Waals surface area (Å²) in [5.74, 6) is 0. The number of nitriles is 1. The number of thiazole rings is 1. The lowest BCUT2D eigenvalue weighted by Crippen LogP contribution is -2.45. The molecule has 2 heterocycles. The van der Waals surface area contributed by atoms with Gasteiger partial charge in [-0.25, -0.2) is 4.98 Å².